The molecule has 6 heteroatoms. The predicted molar refractivity (Wildman–Crippen MR) is 99.6 cm³/mol. The molecule has 0 saturated heterocycles. The second-order valence-corrected chi connectivity index (χ2v) is 6.55. The highest BCUT2D eigenvalue weighted by Gasteiger charge is 2.36. The van der Waals surface area contributed by atoms with Crippen LogP contribution in [0, 0.1) is 23.2 Å². The Hall–Kier alpha value is -3.22. The minimum atomic E-state index is -1.10. The van der Waals surface area contributed by atoms with E-state index < -0.39 is 17.5 Å². The van der Waals surface area contributed by atoms with Gasteiger partial charge in [0.2, 0.25) is 5.88 Å². The molecule has 1 aliphatic heterocycles. The summed E-state index contributed by atoms with van der Waals surface area (Å²) in [7, 11) is 0. The van der Waals surface area contributed by atoms with Crippen molar-refractivity contribution in [2.24, 2.45) is 5.73 Å². The Labute approximate surface area is 158 Å². The van der Waals surface area contributed by atoms with Gasteiger partial charge in [0, 0.05) is 5.56 Å². The normalized spacial score (nSPS) is 16.8. The second-order valence-electron chi connectivity index (χ2n) is 6.55. The van der Waals surface area contributed by atoms with E-state index in [0.717, 1.165) is 0 Å². The monoisotopic (exact) mass is 366 g/mol. The summed E-state index contributed by atoms with van der Waals surface area (Å²) in [6.45, 7) is 6.72. The van der Waals surface area contributed by atoms with Gasteiger partial charge in [-0.2, -0.15) is 5.26 Å². The summed E-state index contributed by atoms with van der Waals surface area (Å²) >= 11 is 0. The van der Waals surface area contributed by atoms with Crippen molar-refractivity contribution in [3.05, 3.63) is 58.2 Å². The fourth-order valence-electron chi connectivity index (χ4n) is 2.67. The zero-order chi connectivity index (χ0) is 20.2. The van der Waals surface area contributed by atoms with Gasteiger partial charge in [-0.05, 0) is 45.4 Å². The highest BCUT2D eigenvalue weighted by atomic mass is 16.5. The summed E-state index contributed by atoms with van der Waals surface area (Å²) in [4.78, 5) is 12.5. The molecule has 0 spiro atoms. The van der Waals surface area contributed by atoms with Crippen molar-refractivity contribution in [2.75, 3.05) is 6.61 Å². The summed E-state index contributed by atoms with van der Waals surface area (Å²) in [6.07, 6.45) is 0. The van der Waals surface area contributed by atoms with Gasteiger partial charge in [-0.25, -0.2) is 4.79 Å². The largest absolute Gasteiger partial charge is 0.463 e. The SMILES string of the molecule is CCOC(=O)C1=C(C)OC(N)=C(C#N)C1c1ccc(C#CC(C)(C)O)cc1. The average Bonchev–Trinajstić information content (AvgIpc) is 2.59. The molecule has 1 aliphatic rings. The molecule has 0 radical (unpaired) electrons. The number of ether oxygens (including phenoxy) is 2. The van der Waals surface area contributed by atoms with Crippen LogP contribution in [0.1, 0.15) is 44.7 Å². The molecule has 1 aromatic carbocycles. The number of rotatable bonds is 3. The quantitative estimate of drug-likeness (QED) is 0.629. The molecule has 0 saturated carbocycles. The number of nitrogens with zero attached hydrogens (tertiary/aromatic N) is 1. The molecule has 0 aliphatic carbocycles. The van der Waals surface area contributed by atoms with E-state index in [1.807, 2.05) is 6.07 Å². The van der Waals surface area contributed by atoms with Crippen molar-refractivity contribution in [3.8, 4) is 17.9 Å². The number of carbonyl (C=O) groups excluding carboxylic acids is 1. The lowest BCUT2D eigenvalue weighted by atomic mass is 9.83. The summed E-state index contributed by atoms with van der Waals surface area (Å²) in [5.41, 5.74) is 6.56. The molecule has 2 rings (SSSR count). The second kappa shape index (κ2) is 7.99. The summed E-state index contributed by atoms with van der Waals surface area (Å²) in [6, 6.07) is 9.08. The molecule has 140 valence electrons. The minimum Gasteiger partial charge on any atom is -0.463 e. The molecular formula is C21H22N2O4. The number of nitrogens with two attached hydrogens (primary N) is 1. The lowest BCUT2D eigenvalue weighted by Crippen LogP contribution is -2.25. The molecule has 1 heterocycles. The van der Waals surface area contributed by atoms with Crippen LogP contribution in [0.15, 0.2) is 47.1 Å². The highest BCUT2D eigenvalue weighted by molar-refractivity contribution is 5.92. The Morgan fingerprint density at radius 3 is 2.52 bits per heavy atom. The first kappa shape index (κ1) is 20.1. The van der Waals surface area contributed by atoms with Gasteiger partial charge in [-0.3, -0.25) is 0 Å². The van der Waals surface area contributed by atoms with Crippen LogP contribution < -0.4 is 5.73 Å². The lowest BCUT2D eigenvalue weighted by Gasteiger charge is -2.26. The first-order chi connectivity index (χ1) is 12.7. The van der Waals surface area contributed by atoms with Gasteiger partial charge in [-0.1, -0.05) is 24.0 Å². The first-order valence-electron chi connectivity index (χ1n) is 8.49. The Kier molecular flexibility index (Phi) is 5.95. The summed E-state index contributed by atoms with van der Waals surface area (Å²) in [5.74, 6) is 4.66. The van der Waals surface area contributed by atoms with E-state index in [1.165, 1.54) is 0 Å². The number of allylic oxidation sites excluding steroid dienone is 2. The van der Waals surface area contributed by atoms with Crippen LogP contribution in [0.25, 0.3) is 0 Å². The van der Waals surface area contributed by atoms with Gasteiger partial charge in [-0.15, -0.1) is 0 Å². The predicted octanol–water partition coefficient (Wildman–Crippen LogP) is 2.45. The number of esters is 1. The number of hydrogen-bond donors (Lipinski definition) is 2. The number of carbonyl (C=O) groups is 1. The third-order valence-corrected chi connectivity index (χ3v) is 3.86. The molecule has 1 unspecified atom stereocenters. The van der Waals surface area contributed by atoms with Crippen LogP contribution in [0.3, 0.4) is 0 Å². The topological polar surface area (TPSA) is 106 Å². The van der Waals surface area contributed by atoms with E-state index in [9.17, 15) is 15.2 Å². The fourth-order valence-corrected chi connectivity index (χ4v) is 2.67. The number of aliphatic hydroxyl groups is 1. The number of hydrogen-bond acceptors (Lipinski definition) is 6. The molecule has 0 aromatic heterocycles. The smallest absolute Gasteiger partial charge is 0.338 e. The van der Waals surface area contributed by atoms with Crippen molar-refractivity contribution in [2.45, 2.75) is 39.2 Å². The maximum Gasteiger partial charge on any atom is 0.338 e. The molecule has 1 aromatic rings. The minimum absolute atomic E-state index is 0.0288. The lowest BCUT2D eigenvalue weighted by molar-refractivity contribution is -0.139. The maximum absolute atomic E-state index is 12.5. The molecule has 1 atom stereocenters. The number of nitriles is 1. The van der Waals surface area contributed by atoms with E-state index in [4.69, 9.17) is 15.2 Å². The van der Waals surface area contributed by atoms with E-state index in [1.54, 1.807) is 52.0 Å². The Balaban J connectivity index is 2.50. The van der Waals surface area contributed by atoms with Crippen molar-refractivity contribution >= 4 is 5.97 Å². The maximum atomic E-state index is 12.5. The van der Waals surface area contributed by atoms with Gasteiger partial charge in [0.25, 0.3) is 0 Å². The molecule has 0 fully saturated rings. The first-order valence-corrected chi connectivity index (χ1v) is 8.49. The van der Waals surface area contributed by atoms with Gasteiger partial charge in [0.05, 0.1) is 18.1 Å². The van der Waals surface area contributed by atoms with Crippen molar-refractivity contribution < 1.29 is 19.4 Å². The molecule has 0 amide bonds. The van der Waals surface area contributed by atoms with Crippen molar-refractivity contribution in [3.63, 3.8) is 0 Å². The van der Waals surface area contributed by atoms with Gasteiger partial charge < -0.3 is 20.3 Å². The van der Waals surface area contributed by atoms with Crippen LogP contribution in [-0.2, 0) is 14.3 Å². The van der Waals surface area contributed by atoms with Crippen LogP contribution in [0.2, 0.25) is 0 Å². The fraction of sp³-hybridized carbons (Fsp3) is 0.333. The van der Waals surface area contributed by atoms with Gasteiger partial charge in [0.15, 0.2) is 0 Å². The van der Waals surface area contributed by atoms with E-state index in [2.05, 4.69) is 11.8 Å². The third-order valence-electron chi connectivity index (χ3n) is 3.86. The summed E-state index contributed by atoms with van der Waals surface area (Å²) in [5, 5.41) is 19.3. The Morgan fingerprint density at radius 1 is 1.37 bits per heavy atom. The number of benzene rings is 1. The van der Waals surface area contributed by atoms with Crippen LogP contribution in [0.4, 0.5) is 0 Å². The average molecular weight is 366 g/mol. The summed E-state index contributed by atoms with van der Waals surface area (Å²) < 4.78 is 10.5. The molecule has 3 N–H and O–H groups in total. The molecule has 0 bridgehead atoms. The van der Waals surface area contributed by atoms with Gasteiger partial charge >= 0.3 is 5.97 Å². The van der Waals surface area contributed by atoms with E-state index in [-0.39, 0.29) is 23.6 Å². The van der Waals surface area contributed by atoms with Crippen LogP contribution in [0.5, 0.6) is 0 Å². The van der Waals surface area contributed by atoms with Crippen LogP contribution >= 0.6 is 0 Å². The molecule has 27 heavy (non-hydrogen) atoms. The van der Waals surface area contributed by atoms with Crippen molar-refractivity contribution in [1.82, 2.24) is 0 Å². The molecule has 6 nitrogen and oxygen atoms in total. The zero-order valence-corrected chi connectivity index (χ0v) is 15.8. The van der Waals surface area contributed by atoms with Crippen LogP contribution in [-0.4, -0.2) is 23.3 Å². The Bertz CT molecular complexity index is 901. The Morgan fingerprint density at radius 2 is 2.00 bits per heavy atom. The van der Waals surface area contributed by atoms with E-state index >= 15 is 0 Å². The highest BCUT2D eigenvalue weighted by Crippen LogP contribution is 2.39. The zero-order valence-electron chi connectivity index (χ0n) is 15.8. The van der Waals surface area contributed by atoms with Gasteiger partial charge in [0.1, 0.15) is 23.0 Å². The standard InChI is InChI=1S/C21H22N2O4/c1-5-26-20(24)17-13(2)27-19(23)16(12-22)18(17)15-8-6-14(7-9-15)10-11-21(3,4)25/h6-9,18,25H,5,23H2,1-4H3. The third kappa shape index (κ3) is 4.69. The van der Waals surface area contributed by atoms with Crippen molar-refractivity contribution in [1.29, 1.82) is 5.26 Å². The van der Waals surface area contributed by atoms with E-state index in [0.29, 0.717) is 16.9 Å². The molecular weight excluding hydrogens is 344 g/mol.